The summed E-state index contributed by atoms with van der Waals surface area (Å²) in [6.07, 6.45) is 1.30. The number of halogens is 1. The van der Waals surface area contributed by atoms with Crippen LogP contribution in [0.3, 0.4) is 0 Å². The van der Waals surface area contributed by atoms with Crippen molar-refractivity contribution in [3.63, 3.8) is 0 Å². The Labute approximate surface area is 85.2 Å². The molecule has 1 N–H and O–H groups in total. The van der Waals surface area contributed by atoms with Crippen molar-refractivity contribution >= 4 is 16.7 Å². The van der Waals surface area contributed by atoms with Gasteiger partial charge in [-0.1, -0.05) is 12.1 Å². The third-order valence-corrected chi connectivity index (χ3v) is 2.28. The summed E-state index contributed by atoms with van der Waals surface area (Å²) >= 11 is 0. The zero-order chi connectivity index (χ0) is 11.0. The van der Waals surface area contributed by atoms with Crippen LogP contribution >= 0.6 is 0 Å². The van der Waals surface area contributed by atoms with Crippen LogP contribution in [0, 0.1) is 12.7 Å². The van der Waals surface area contributed by atoms with Gasteiger partial charge in [0.05, 0.1) is 0 Å². The number of carboxylic acid groups (broad SMARTS) is 1. The smallest absolute Gasteiger partial charge is 0.355 e. The number of carboxylic acids is 1. The lowest BCUT2D eigenvalue weighted by Crippen LogP contribution is -2.01. The molecule has 0 saturated carbocycles. The zero-order valence-electron chi connectivity index (χ0n) is 7.99. The highest BCUT2D eigenvalue weighted by atomic mass is 19.1. The molecule has 0 radical (unpaired) electrons. The summed E-state index contributed by atoms with van der Waals surface area (Å²) in [7, 11) is 0. The number of pyridine rings is 1. The maximum atomic E-state index is 13.6. The molecule has 0 aliphatic rings. The fourth-order valence-electron chi connectivity index (χ4n) is 1.50. The van der Waals surface area contributed by atoms with E-state index in [0.717, 1.165) is 0 Å². The maximum absolute atomic E-state index is 13.6. The van der Waals surface area contributed by atoms with Crippen LogP contribution in [0.15, 0.2) is 24.4 Å². The topological polar surface area (TPSA) is 50.2 Å². The largest absolute Gasteiger partial charge is 0.476 e. The highest BCUT2D eigenvalue weighted by Gasteiger charge is 2.12. The lowest BCUT2D eigenvalue weighted by molar-refractivity contribution is 0.0693. The Morgan fingerprint density at radius 1 is 1.33 bits per heavy atom. The molecule has 2 aromatic rings. The number of nitrogens with zero attached hydrogens (tertiary/aromatic N) is 1. The van der Waals surface area contributed by atoms with E-state index in [0.29, 0.717) is 16.3 Å². The SMILES string of the molecule is Cc1ccc2c(C(=O)O)nccc2c1F. The van der Waals surface area contributed by atoms with Crippen molar-refractivity contribution in [2.75, 3.05) is 0 Å². The number of hydrogen-bond acceptors (Lipinski definition) is 2. The van der Waals surface area contributed by atoms with E-state index < -0.39 is 11.8 Å². The first-order valence-corrected chi connectivity index (χ1v) is 4.38. The van der Waals surface area contributed by atoms with Gasteiger partial charge in [-0.3, -0.25) is 0 Å². The quantitative estimate of drug-likeness (QED) is 0.777. The number of benzene rings is 1. The average molecular weight is 205 g/mol. The van der Waals surface area contributed by atoms with Crippen molar-refractivity contribution < 1.29 is 14.3 Å². The second-order valence-electron chi connectivity index (χ2n) is 3.26. The van der Waals surface area contributed by atoms with Crippen LogP contribution in [0.2, 0.25) is 0 Å². The predicted molar refractivity (Wildman–Crippen MR) is 53.4 cm³/mol. The zero-order valence-corrected chi connectivity index (χ0v) is 7.99. The first-order valence-electron chi connectivity index (χ1n) is 4.38. The van der Waals surface area contributed by atoms with Gasteiger partial charge in [-0.25, -0.2) is 14.2 Å². The second-order valence-corrected chi connectivity index (χ2v) is 3.26. The molecule has 0 aliphatic carbocycles. The van der Waals surface area contributed by atoms with Gasteiger partial charge in [0.25, 0.3) is 0 Å². The first kappa shape index (κ1) is 9.58. The Hall–Kier alpha value is -1.97. The minimum absolute atomic E-state index is 0.119. The number of aromatic carboxylic acids is 1. The van der Waals surface area contributed by atoms with Crippen molar-refractivity contribution in [1.29, 1.82) is 0 Å². The number of carbonyl (C=O) groups is 1. The summed E-state index contributed by atoms with van der Waals surface area (Å²) in [5.74, 6) is -1.54. The molecular weight excluding hydrogens is 197 g/mol. The number of rotatable bonds is 1. The maximum Gasteiger partial charge on any atom is 0.355 e. The van der Waals surface area contributed by atoms with Gasteiger partial charge in [0, 0.05) is 17.0 Å². The highest BCUT2D eigenvalue weighted by molar-refractivity contribution is 6.01. The van der Waals surface area contributed by atoms with Crippen LogP contribution in [-0.4, -0.2) is 16.1 Å². The molecule has 0 atom stereocenters. The van der Waals surface area contributed by atoms with Crippen LogP contribution in [0.5, 0.6) is 0 Å². The fraction of sp³-hybridized carbons (Fsp3) is 0.0909. The van der Waals surface area contributed by atoms with E-state index in [2.05, 4.69) is 4.98 Å². The van der Waals surface area contributed by atoms with Crippen LogP contribution in [0.4, 0.5) is 4.39 Å². The molecule has 0 spiro atoms. The number of aryl methyl sites for hydroxylation is 1. The Balaban J connectivity index is 2.89. The van der Waals surface area contributed by atoms with Crippen LogP contribution in [0.1, 0.15) is 16.1 Å². The van der Waals surface area contributed by atoms with Crippen molar-refractivity contribution in [2.24, 2.45) is 0 Å². The van der Waals surface area contributed by atoms with E-state index in [1.54, 1.807) is 19.1 Å². The Kier molecular flexibility index (Phi) is 2.11. The molecule has 2 rings (SSSR count). The third kappa shape index (κ3) is 1.44. The molecule has 1 aromatic carbocycles. The molecular formula is C11H8FNO2. The van der Waals surface area contributed by atoms with Crippen molar-refractivity contribution in [3.8, 4) is 0 Å². The van der Waals surface area contributed by atoms with Gasteiger partial charge < -0.3 is 5.11 Å². The van der Waals surface area contributed by atoms with Crippen molar-refractivity contribution in [1.82, 2.24) is 4.98 Å². The molecule has 1 heterocycles. The van der Waals surface area contributed by atoms with E-state index in [-0.39, 0.29) is 5.69 Å². The van der Waals surface area contributed by atoms with Gasteiger partial charge in [0.1, 0.15) is 5.82 Å². The molecule has 0 saturated heterocycles. The van der Waals surface area contributed by atoms with Crippen molar-refractivity contribution in [2.45, 2.75) is 6.92 Å². The standard InChI is InChI=1S/C11H8FNO2/c1-6-2-3-8-7(9(6)12)4-5-13-10(8)11(14)15/h2-5H,1H3,(H,14,15). The Morgan fingerprint density at radius 3 is 2.73 bits per heavy atom. The lowest BCUT2D eigenvalue weighted by atomic mass is 10.1. The van der Waals surface area contributed by atoms with Gasteiger partial charge >= 0.3 is 5.97 Å². The highest BCUT2D eigenvalue weighted by Crippen LogP contribution is 2.22. The van der Waals surface area contributed by atoms with Crippen LogP contribution in [0.25, 0.3) is 10.8 Å². The van der Waals surface area contributed by atoms with Crippen LogP contribution < -0.4 is 0 Å². The second kappa shape index (κ2) is 3.31. The monoisotopic (exact) mass is 205 g/mol. The van der Waals surface area contributed by atoms with E-state index in [1.165, 1.54) is 12.3 Å². The van der Waals surface area contributed by atoms with Gasteiger partial charge in [0.15, 0.2) is 5.69 Å². The van der Waals surface area contributed by atoms with Crippen LogP contribution in [-0.2, 0) is 0 Å². The molecule has 4 heteroatoms. The summed E-state index contributed by atoms with van der Waals surface area (Å²) in [6.45, 7) is 1.63. The first-order chi connectivity index (χ1) is 7.11. The number of fused-ring (bicyclic) bond motifs is 1. The minimum atomic E-state index is -1.15. The molecule has 0 unspecified atom stereocenters. The van der Waals surface area contributed by atoms with E-state index in [1.807, 2.05) is 0 Å². The van der Waals surface area contributed by atoms with Crippen molar-refractivity contribution in [3.05, 3.63) is 41.5 Å². The summed E-state index contributed by atoms with van der Waals surface area (Å²) < 4.78 is 13.6. The van der Waals surface area contributed by atoms with E-state index in [9.17, 15) is 9.18 Å². The summed E-state index contributed by atoms with van der Waals surface area (Å²) in [5.41, 5.74) is 0.372. The van der Waals surface area contributed by atoms with Gasteiger partial charge in [-0.2, -0.15) is 0 Å². The molecule has 3 nitrogen and oxygen atoms in total. The fourth-order valence-corrected chi connectivity index (χ4v) is 1.50. The van der Waals surface area contributed by atoms with E-state index >= 15 is 0 Å². The summed E-state index contributed by atoms with van der Waals surface area (Å²) in [4.78, 5) is 14.5. The number of hydrogen-bond donors (Lipinski definition) is 1. The van der Waals surface area contributed by atoms with Gasteiger partial charge in [-0.15, -0.1) is 0 Å². The lowest BCUT2D eigenvalue weighted by Gasteiger charge is -2.04. The molecule has 15 heavy (non-hydrogen) atoms. The predicted octanol–water partition coefficient (Wildman–Crippen LogP) is 2.38. The average Bonchev–Trinajstić information content (AvgIpc) is 2.23. The molecule has 0 aliphatic heterocycles. The van der Waals surface area contributed by atoms with Gasteiger partial charge in [0.2, 0.25) is 0 Å². The van der Waals surface area contributed by atoms with E-state index in [4.69, 9.17) is 5.11 Å². The number of aromatic nitrogens is 1. The van der Waals surface area contributed by atoms with Gasteiger partial charge in [-0.05, 0) is 18.6 Å². The molecule has 0 amide bonds. The Bertz CT molecular complexity index is 552. The summed E-state index contributed by atoms with van der Waals surface area (Å²) in [5, 5.41) is 9.48. The third-order valence-electron chi connectivity index (χ3n) is 2.28. The molecule has 1 aromatic heterocycles. The summed E-state index contributed by atoms with van der Waals surface area (Å²) in [6, 6.07) is 4.60. The molecule has 0 bridgehead atoms. The molecule has 0 fully saturated rings. The normalized spacial score (nSPS) is 10.5. The Morgan fingerprint density at radius 2 is 2.07 bits per heavy atom. The molecule has 76 valence electrons. The minimum Gasteiger partial charge on any atom is -0.476 e.